The second kappa shape index (κ2) is 17.8. The minimum Gasteiger partial charge on any atom is -0.507 e. The number of nitrogens with zero attached hydrogens (tertiary/aromatic N) is 3. The van der Waals surface area contributed by atoms with Gasteiger partial charge in [0, 0.05) is 36.6 Å². The highest BCUT2D eigenvalue weighted by molar-refractivity contribution is 5.98. The summed E-state index contributed by atoms with van der Waals surface area (Å²) in [5.74, 6) is 0.0233. The fraction of sp³-hybridized carbons (Fsp3) is 0.333. The first-order valence-electron chi connectivity index (χ1n) is 28.4. The van der Waals surface area contributed by atoms with Gasteiger partial charge in [0.05, 0.1) is 28.0 Å². The molecule has 1 N–H and O–H groups in total. The van der Waals surface area contributed by atoms with Crippen LogP contribution < -0.4 is 0 Å². The number of hydrogen-bond donors (Lipinski definition) is 1. The highest BCUT2D eigenvalue weighted by Gasteiger charge is 2.27. The molecule has 0 unspecified atom stereocenters. The van der Waals surface area contributed by atoms with Crippen molar-refractivity contribution in [3.05, 3.63) is 167 Å². The topological polar surface area (TPSA) is 50.9 Å². The van der Waals surface area contributed by atoms with Crippen LogP contribution in [0.5, 0.6) is 5.75 Å². The zero-order valence-corrected chi connectivity index (χ0v) is 41.1. The molecule has 344 valence electrons. The summed E-state index contributed by atoms with van der Waals surface area (Å²) in [7, 11) is 0. The van der Waals surface area contributed by atoms with E-state index in [2.05, 4.69) is 153 Å². The van der Waals surface area contributed by atoms with Crippen molar-refractivity contribution in [3.8, 4) is 67.5 Å². The van der Waals surface area contributed by atoms with Crippen LogP contribution in [0.4, 0.5) is 0 Å². The van der Waals surface area contributed by atoms with Crippen molar-refractivity contribution in [2.24, 2.45) is 0 Å². The fourth-order valence-electron chi connectivity index (χ4n) is 8.85. The average molecular weight is 896 g/mol. The lowest BCUT2D eigenvalue weighted by Crippen LogP contribution is -2.11. The van der Waals surface area contributed by atoms with Crippen LogP contribution in [0.2, 0.25) is 0 Å². The number of pyridine rings is 1. The third kappa shape index (κ3) is 9.51. The molecule has 0 aliphatic heterocycles. The van der Waals surface area contributed by atoms with E-state index in [1.807, 2.05) is 32.0 Å². The monoisotopic (exact) mass is 896 g/mol. The number of rotatable bonds is 9. The Kier molecular flexibility index (Phi) is 9.51. The van der Waals surface area contributed by atoms with Gasteiger partial charge in [0.1, 0.15) is 11.6 Å². The number of fused-ring (bicyclic) bond motifs is 1. The Morgan fingerprint density at radius 1 is 0.537 bits per heavy atom. The van der Waals surface area contributed by atoms with E-state index in [1.165, 1.54) is 17.7 Å². The van der Waals surface area contributed by atoms with Gasteiger partial charge in [-0.2, -0.15) is 0 Å². The Hall–Kier alpha value is -6.26. The van der Waals surface area contributed by atoms with Gasteiger partial charge in [0.15, 0.2) is 0 Å². The Labute approximate surface area is 415 Å². The minimum atomic E-state index is -3.38. The van der Waals surface area contributed by atoms with E-state index < -0.39 is 31.9 Å². The summed E-state index contributed by atoms with van der Waals surface area (Å²) in [5.41, 5.74) is 10.6. The van der Waals surface area contributed by atoms with E-state index >= 15 is 0 Å². The number of hydrogen-bond acceptors (Lipinski definition) is 3. The maximum absolute atomic E-state index is 12.4. The lowest BCUT2D eigenvalue weighted by Gasteiger charge is -2.22. The lowest BCUT2D eigenvalue weighted by atomic mass is 9.83. The second-order valence-corrected chi connectivity index (χ2v) is 21.1. The summed E-state index contributed by atoms with van der Waals surface area (Å²) >= 11 is 0. The van der Waals surface area contributed by atoms with Crippen LogP contribution in [0.3, 0.4) is 0 Å². The van der Waals surface area contributed by atoms with Crippen molar-refractivity contribution in [1.29, 1.82) is 0 Å². The van der Waals surface area contributed by atoms with E-state index in [9.17, 15) is 5.11 Å². The fourth-order valence-corrected chi connectivity index (χ4v) is 8.85. The first-order chi connectivity index (χ1) is 35.5. The molecule has 0 bridgehead atoms. The Morgan fingerprint density at radius 2 is 1.16 bits per heavy atom. The number of phenols is 1. The Balaban J connectivity index is 1.37. The molecule has 0 saturated carbocycles. The van der Waals surface area contributed by atoms with Crippen LogP contribution in [0, 0.1) is 0 Å². The molecule has 0 radical (unpaired) electrons. The van der Waals surface area contributed by atoms with Crippen molar-refractivity contribution in [2.45, 2.75) is 138 Å². The van der Waals surface area contributed by atoms with Gasteiger partial charge in [-0.25, -0.2) is 4.98 Å². The molecule has 4 nitrogen and oxygen atoms in total. The smallest absolute Gasteiger partial charge is 0.149 e. The molecule has 4 heteroatoms. The first kappa shape index (κ1) is 35.9. The zero-order chi connectivity index (χ0) is 56.7. The standard InChI is InChI=1S/C63H71N3O/c1-38(2)43-23-28-56(53(34-43)42-21-26-49(27-22-42)62(10,11)12)66-57-18-16-17-51(58(57)65-60(66)54-36-45(39(3)4)35-52(40(5)6)59(54)67)46-31-47(33-50(32-46)63(13,14)15)55-37-44(29-30-64-55)41-19-24-48(25-20-41)61(7,8)9/h16-40,67H,1-15H3/i7D3,8D3,9D3,38D. The van der Waals surface area contributed by atoms with Crippen LogP contribution in [0.15, 0.2) is 134 Å². The number of imidazole rings is 1. The van der Waals surface area contributed by atoms with E-state index in [0.717, 1.165) is 61.3 Å². The van der Waals surface area contributed by atoms with Gasteiger partial charge in [0.2, 0.25) is 0 Å². The minimum absolute atomic E-state index is 0.0186. The predicted octanol–water partition coefficient (Wildman–Crippen LogP) is 17.7. The highest BCUT2D eigenvalue weighted by atomic mass is 16.3. The summed E-state index contributed by atoms with van der Waals surface area (Å²) in [6.45, 7) is 15.2. The largest absolute Gasteiger partial charge is 0.507 e. The zero-order valence-electron chi connectivity index (χ0n) is 51.1. The van der Waals surface area contributed by atoms with Crippen molar-refractivity contribution in [3.63, 3.8) is 0 Å². The summed E-state index contributed by atoms with van der Waals surface area (Å²) in [5, 5.41) is 12.4. The number of benzene rings is 6. The number of aromatic hydroxyl groups is 1. The maximum Gasteiger partial charge on any atom is 0.149 e. The first-order valence-corrected chi connectivity index (χ1v) is 23.4. The molecule has 0 fully saturated rings. The van der Waals surface area contributed by atoms with Crippen LogP contribution in [-0.4, -0.2) is 19.6 Å². The normalized spacial score (nSPS) is 15.5. The Bertz CT molecular complexity index is 3450. The molecule has 8 rings (SSSR count). The third-order valence-corrected chi connectivity index (χ3v) is 13.1. The van der Waals surface area contributed by atoms with E-state index in [-0.39, 0.29) is 34.0 Å². The molecule has 0 atom stereocenters. The van der Waals surface area contributed by atoms with Gasteiger partial charge < -0.3 is 5.11 Å². The van der Waals surface area contributed by atoms with E-state index in [0.29, 0.717) is 33.7 Å². The molecule has 0 amide bonds. The molecule has 67 heavy (non-hydrogen) atoms. The third-order valence-electron chi connectivity index (χ3n) is 13.1. The summed E-state index contributed by atoms with van der Waals surface area (Å²) in [4.78, 5) is 10.5. The van der Waals surface area contributed by atoms with Gasteiger partial charge >= 0.3 is 0 Å². The number of phenolic OH excluding ortho intramolecular Hbond substituents is 1. The molecular weight excluding hydrogens is 815 g/mol. The van der Waals surface area contributed by atoms with Crippen LogP contribution in [-0.2, 0) is 16.2 Å². The maximum atomic E-state index is 12.4. The molecule has 6 aromatic carbocycles. The second-order valence-electron chi connectivity index (χ2n) is 21.1. The van der Waals surface area contributed by atoms with Gasteiger partial charge in [-0.15, -0.1) is 0 Å². The predicted molar refractivity (Wildman–Crippen MR) is 286 cm³/mol. The van der Waals surface area contributed by atoms with Gasteiger partial charge in [0.25, 0.3) is 0 Å². The van der Waals surface area contributed by atoms with E-state index in [1.54, 1.807) is 24.4 Å². The van der Waals surface area contributed by atoms with Crippen LogP contribution >= 0.6 is 0 Å². The van der Waals surface area contributed by atoms with Gasteiger partial charge in [-0.05, 0) is 138 Å². The van der Waals surface area contributed by atoms with E-state index in [4.69, 9.17) is 23.7 Å². The Morgan fingerprint density at radius 3 is 1.78 bits per heavy atom. The molecular formula is C63H71N3O. The molecule has 0 aliphatic rings. The molecule has 2 aromatic heterocycles. The lowest BCUT2D eigenvalue weighted by molar-refractivity contribution is 0.466. The van der Waals surface area contributed by atoms with Gasteiger partial charge in [-0.3, -0.25) is 9.55 Å². The summed E-state index contributed by atoms with van der Waals surface area (Å²) in [6, 6.07) is 41.0. The van der Waals surface area contributed by atoms with Crippen LogP contribution in [0.25, 0.3) is 72.7 Å². The van der Waals surface area contributed by atoms with Crippen molar-refractivity contribution >= 4 is 11.0 Å². The SMILES string of the molecule is [2H]C(C)(C)c1ccc(-n2c(-c3cc(C(C)C)cc(C(C)C)c3O)nc3c(-c4cc(-c5cc(-c6ccc(C(C([2H])([2H])[2H])(C([2H])([2H])[2H])C([2H])([2H])[2H])cc6)ccn5)cc(C(C)(C)C)c4)cccc32)c(-c2ccc(C(C)(C)C)cc2)c1. The quantitative estimate of drug-likeness (QED) is 0.157. The molecule has 0 aliphatic carbocycles. The molecule has 0 saturated heterocycles. The average Bonchev–Trinajstić information content (AvgIpc) is 3.76. The number of aromatic nitrogens is 3. The summed E-state index contributed by atoms with van der Waals surface area (Å²) < 4.78 is 85.4. The van der Waals surface area contributed by atoms with Gasteiger partial charge in [-0.1, -0.05) is 183 Å². The van der Waals surface area contributed by atoms with Crippen molar-refractivity contribution in [2.75, 3.05) is 0 Å². The number of para-hydroxylation sites is 1. The van der Waals surface area contributed by atoms with Crippen molar-refractivity contribution in [1.82, 2.24) is 14.5 Å². The van der Waals surface area contributed by atoms with Crippen molar-refractivity contribution < 1.29 is 18.8 Å². The molecule has 2 heterocycles. The molecule has 0 spiro atoms. The summed E-state index contributed by atoms with van der Waals surface area (Å²) in [6.07, 6.45) is 1.68. The highest BCUT2D eigenvalue weighted by Crippen LogP contribution is 2.45. The van der Waals surface area contributed by atoms with Crippen LogP contribution in [0.1, 0.15) is 168 Å². The molecule has 8 aromatic rings.